The summed E-state index contributed by atoms with van der Waals surface area (Å²) in [5, 5.41) is 8.62. The van der Waals surface area contributed by atoms with E-state index in [4.69, 9.17) is 4.52 Å². The number of nitrogens with zero attached hydrogens (tertiary/aromatic N) is 4. The Hall–Kier alpha value is -1.02. The van der Waals surface area contributed by atoms with Crippen LogP contribution in [0.5, 0.6) is 0 Å². The van der Waals surface area contributed by atoms with Gasteiger partial charge in [-0.1, -0.05) is 12.1 Å². The maximum Gasteiger partial charge on any atom is 0.269 e. The lowest BCUT2D eigenvalue weighted by Gasteiger charge is -2.30. The first-order chi connectivity index (χ1) is 9.78. The number of likely N-dealkylation sites (N-methyl/N-ethyl adjacent to an activating group) is 1. The van der Waals surface area contributed by atoms with E-state index in [9.17, 15) is 0 Å². The molecule has 2 aromatic heterocycles. The average Bonchev–Trinajstić information content (AvgIpc) is 3.08. The summed E-state index contributed by atoms with van der Waals surface area (Å²) in [6.07, 6.45) is 3.93. The van der Waals surface area contributed by atoms with Gasteiger partial charge in [-0.15, -0.1) is 23.7 Å². The number of hydrogen-bond donors (Lipinski definition) is 1. The summed E-state index contributed by atoms with van der Waals surface area (Å²) in [4.78, 5) is 12.1. The lowest BCUT2D eigenvalue weighted by molar-refractivity contribution is 0.190. The summed E-state index contributed by atoms with van der Waals surface area (Å²) < 4.78 is 5.40. The van der Waals surface area contributed by atoms with Gasteiger partial charge in [-0.2, -0.15) is 4.98 Å². The van der Waals surface area contributed by atoms with Crippen molar-refractivity contribution >= 4 is 23.7 Å². The monoisotopic (exact) mass is 329 g/mol. The van der Waals surface area contributed by atoms with E-state index in [1.165, 1.54) is 0 Å². The number of aryl methyl sites for hydroxylation is 1. The molecule has 1 saturated heterocycles. The second-order valence-corrected chi connectivity index (χ2v) is 6.14. The van der Waals surface area contributed by atoms with Gasteiger partial charge in [0.15, 0.2) is 5.82 Å². The van der Waals surface area contributed by atoms with Crippen molar-refractivity contribution < 1.29 is 4.52 Å². The van der Waals surface area contributed by atoms with Crippen molar-refractivity contribution in [1.82, 2.24) is 25.3 Å². The Balaban J connectivity index is 0.00000161. The van der Waals surface area contributed by atoms with Crippen molar-refractivity contribution in [1.29, 1.82) is 0 Å². The summed E-state index contributed by atoms with van der Waals surface area (Å²) in [5.41, 5.74) is 0. The van der Waals surface area contributed by atoms with Crippen molar-refractivity contribution in [3.05, 3.63) is 17.0 Å². The Kier molecular flexibility index (Phi) is 5.69. The molecule has 1 aliphatic heterocycles. The van der Waals surface area contributed by atoms with E-state index < -0.39 is 0 Å². The predicted octanol–water partition coefficient (Wildman–Crippen LogP) is 2.14. The Bertz CT molecular complexity index is 572. The van der Waals surface area contributed by atoms with Gasteiger partial charge >= 0.3 is 0 Å². The zero-order valence-electron chi connectivity index (χ0n) is 12.2. The van der Waals surface area contributed by atoms with Gasteiger partial charge in [0.1, 0.15) is 4.88 Å². The third-order valence-corrected chi connectivity index (χ3v) is 4.52. The van der Waals surface area contributed by atoms with Gasteiger partial charge in [0.2, 0.25) is 0 Å². The summed E-state index contributed by atoms with van der Waals surface area (Å²) in [7, 11) is 2.09. The van der Waals surface area contributed by atoms with Crippen molar-refractivity contribution in [3.8, 4) is 10.8 Å². The lowest BCUT2D eigenvalue weighted by Crippen LogP contribution is -2.44. The summed E-state index contributed by atoms with van der Waals surface area (Å²) in [6, 6.07) is 0.185. The quantitative estimate of drug-likeness (QED) is 0.927. The van der Waals surface area contributed by atoms with Crippen LogP contribution in [-0.4, -0.2) is 46.7 Å². The van der Waals surface area contributed by atoms with Crippen LogP contribution in [0.4, 0.5) is 0 Å². The Morgan fingerprint density at radius 1 is 1.52 bits per heavy atom. The Morgan fingerprint density at radius 2 is 2.38 bits per heavy atom. The normalized spacial score (nSPS) is 19.4. The van der Waals surface area contributed by atoms with Crippen molar-refractivity contribution in [3.63, 3.8) is 0 Å². The van der Waals surface area contributed by atoms with Gasteiger partial charge in [0.25, 0.3) is 5.89 Å². The highest BCUT2D eigenvalue weighted by Gasteiger charge is 2.25. The molecular weight excluding hydrogens is 310 g/mol. The third-order valence-electron chi connectivity index (χ3n) is 3.48. The molecule has 0 saturated carbocycles. The zero-order chi connectivity index (χ0) is 13.9. The Labute approximate surface area is 134 Å². The van der Waals surface area contributed by atoms with Gasteiger partial charge in [-0.25, -0.2) is 4.98 Å². The molecular formula is C13H20ClN5OS. The molecule has 6 nitrogen and oxygen atoms in total. The molecule has 21 heavy (non-hydrogen) atoms. The second-order valence-electron chi connectivity index (χ2n) is 5.03. The van der Waals surface area contributed by atoms with Crippen LogP contribution < -0.4 is 5.32 Å². The predicted molar refractivity (Wildman–Crippen MR) is 84.9 cm³/mol. The van der Waals surface area contributed by atoms with E-state index in [1.807, 2.05) is 6.20 Å². The molecule has 116 valence electrons. The molecule has 1 N–H and O–H groups in total. The van der Waals surface area contributed by atoms with Crippen LogP contribution in [0, 0.1) is 0 Å². The number of thiazole rings is 1. The number of piperazine rings is 1. The number of nitrogens with one attached hydrogen (secondary N) is 1. The van der Waals surface area contributed by atoms with E-state index >= 15 is 0 Å². The van der Waals surface area contributed by atoms with Crippen LogP contribution in [0.1, 0.15) is 30.2 Å². The van der Waals surface area contributed by atoms with Crippen molar-refractivity contribution in [2.75, 3.05) is 26.7 Å². The third kappa shape index (κ3) is 3.60. The van der Waals surface area contributed by atoms with E-state index in [2.05, 4.69) is 39.3 Å². The van der Waals surface area contributed by atoms with Gasteiger partial charge in [-0.05, 0) is 19.9 Å². The van der Waals surface area contributed by atoms with Gasteiger partial charge in [0.05, 0.1) is 17.2 Å². The number of aromatic nitrogens is 3. The first-order valence-corrected chi connectivity index (χ1v) is 7.79. The Morgan fingerprint density at radius 3 is 3.14 bits per heavy atom. The molecule has 1 atom stereocenters. The van der Waals surface area contributed by atoms with Crippen LogP contribution in [-0.2, 0) is 6.42 Å². The van der Waals surface area contributed by atoms with Crippen LogP contribution in [0.15, 0.2) is 10.7 Å². The molecule has 0 bridgehead atoms. The first kappa shape index (κ1) is 16.4. The van der Waals surface area contributed by atoms with Crippen LogP contribution in [0.2, 0.25) is 0 Å². The summed E-state index contributed by atoms with van der Waals surface area (Å²) in [6.45, 7) is 5.01. The molecule has 1 fully saturated rings. The molecule has 0 radical (unpaired) electrons. The van der Waals surface area contributed by atoms with E-state index in [0.29, 0.717) is 5.89 Å². The van der Waals surface area contributed by atoms with Gasteiger partial charge < -0.3 is 9.84 Å². The molecule has 8 heteroatoms. The molecule has 1 aliphatic rings. The molecule has 1 unspecified atom stereocenters. The van der Waals surface area contributed by atoms with E-state index in [0.717, 1.165) is 48.2 Å². The highest BCUT2D eigenvalue weighted by atomic mass is 35.5. The van der Waals surface area contributed by atoms with E-state index in [-0.39, 0.29) is 18.4 Å². The highest BCUT2D eigenvalue weighted by Crippen LogP contribution is 2.27. The van der Waals surface area contributed by atoms with Crippen LogP contribution in [0.25, 0.3) is 10.8 Å². The minimum absolute atomic E-state index is 0. The van der Waals surface area contributed by atoms with Crippen LogP contribution >= 0.6 is 23.7 Å². The fourth-order valence-corrected chi connectivity index (χ4v) is 3.24. The van der Waals surface area contributed by atoms with E-state index in [1.54, 1.807) is 11.3 Å². The van der Waals surface area contributed by atoms with Gasteiger partial charge in [-0.3, -0.25) is 4.90 Å². The molecule has 2 aromatic rings. The van der Waals surface area contributed by atoms with Crippen LogP contribution in [0.3, 0.4) is 0 Å². The largest absolute Gasteiger partial charge is 0.333 e. The molecule has 0 aromatic carbocycles. The smallest absolute Gasteiger partial charge is 0.269 e. The molecule has 0 aliphatic carbocycles. The summed E-state index contributed by atoms with van der Waals surface area (Å²) >= 11 is 1.63. The fourth-order valence-electron chi connectivity index (χ4n) is 2.30. The molecule has 0 spiro atoms. The molecule has 0 amide bonds. The number of halogens is 1. The number of hydrogen-bond acceptors (Lipinski definition) is 7. The first-order valence-electron chi connectivity index (χ1n) is 6.97. The maximum atomic E-state index is 5.40. The molecule has 3 heterocycles. The topological polar surface area (TPSA) is 67.1 Å². The minimum Gasteiger partial charge on any atom is -0.333 e. The van der Waals surface area contributed by atoms with Crippen molar-refractivity contribution in [2.45, 2.75) is 25.8 Å². The summed E-state index contributed by atoms with van der Waals surface area (Å²) in [5.74, 6) is 1.33. The lowest BCUT2D eigenvalue weighted by atomic mass is 10.2. The van der Waals surface area contributed by atoms with Crippen molar-refractivity contribution in [2.24, 2.45) is 0 Å². The standard InChI is InChI=1S/C13H19N5OS.ClH/c1-3-4-11-15-8-10(20-11)13-16-12(17-19-13)9-7-14-5-6-18(9)2;/h8-9,14H,3-7H2,1-2H3;1H. The van der Waals surface area contributed by atoms with Gasteiger partial charge in [0, 0.05) is 19.6 Å². The fraction of sp³-hybridized carbons (Fsp3) is 0.615. The molecule has 3 rings (SSSR count). The number of rotatable bonds is 4. The second kappa shape index (κ2) is 7.31. The average molecular weight is 330 g/mol. The maximum absolute atomic E-state index is 5.40. The zero-order valence-corrected chi connectivity index (χ0v) is 13.8. The SMILES string of the molecule is CCCc1ncc(-c2nc(C3CNCCN3C)no2)s1.Cl. The highest BCUT2D eigenvalue weighted by molar-refractivity contribution is 7.15. The minimum atomic E-state index is 0.